The van der Waals surface area contributed by atoms with Crippen molar-refractivity contribution in [3.05, 3.63) is 0 Å². The third-order valence-corrected chi connectivity index (χ3v) is 3.38. The second-order valence-electron chi connectivity index (χ2n) is 6.43. The molecular formula is C13H24N2O3. The molecule has 0 aromatic heterocycles. The Kier molecular flexibility index (Phi) is 3.93. The van der Waals surface area contributed by atoms with Gasteiger partial charge in [-0.1, -0.05) is 13.8 Å². The van der Waals surface area contributed by atoms with E-state index in [0.29, 0.717) is 5.92 Å². The van der Waals surface area contributed by atoms with Crippen LogP contribution in [0.25, 0.3) is 0 Å². The topological polar surface area (TPSA) is 81.4 Å². The van der Waals surface area contributed by atoms with Crippen LogP contribution in [0, 0.1) is 17.3 Å². The van der Waals surface area contributed by atoms with E-state index in [4.69, 9.17) is 10.5 Å². The second kappa shape index (κ2) is 4.78. The molecule has 0 aliphatic heterocycles. The average molecular weight is 256 g/mol. The molecule has 104 valence electrons. The summed E-state index contributed by atoms with van der Waals surface area (Å²) in [6.07, 6.45) is 0.244. The largest absolute Gasteiger partial charge is 0.444 e. The van der Waals surface area contributed by atoms with E-state index in [1.54, 1.807) is 20.8 Å². The predicted molar refractivity (Wildman–Crippen MR) is 68.8 cm³/mol. The Hall–Kier alpha value is -1.26. The fourth-order valence-corrected chi connectivity index (χ4v) is 2.33. The van der Waals surface area contributed by atoms with Crippen LogP contribution >= 0.6 is 0 Å². The van der Waals surface area contributed by atoms with Crippen molar-refractivity contribution < 1.29 is 14.3 Å². The molecular weight excluding hydrogens is 232 g/mol. The maximum Gasteiger partial charge on any atom is 0.407 e. The molecule has 2 amide bonds. The van der Waals surface area contributed by atoms with E-state index in [0.717, 1.165) is 6.42 Å². The quantitative estimate of drug-likeness (QED) is 0.802. The van der Waals surface area contributed by atoms with Crippen LogP contribution in [0.4, 0.5) is 4.79 Å². The molecule has 0 heterocycles. The Labute approximate surface area is 108 Å². The molecule has 1 rings (SSSR count). The molecule has 0 aromatic carbocycles. The van der Waals surface area contributed by atoms with Gasteiger partial charge in [0.1, 0.15) is 5.60 Å². The minimum atomic E-state index is -0.578. The van der Waals surface area contributed by atoms with Crippen molar-refractivity contribution in [3.8, 4) is 0 Å². The monoisotopic (exact) mass is 256 g/mol. The number of carbonyl (C=O) groups is 2. The van der Waals surface area contributed by atoms with Gasteiger partial charge in [0.15, 0.2) is 0 Å². The molecule has 1 saturated carbocycles. The van der Waals surface area contributed by atoms with Crippen molar-refractivity contribution >= 4 is 12.0 Å². The van der Waals surface area contributed by atoms with Gasteiger partial charge in [0.2, 0.25) is 5.91 Å². The first-order valence-corrected chi connectivity index (χ1v) is 6.35. The van der Waals surface area contributed by atoms with Crippen LogP contribution in [0.1, 0.15) is 41.0 Å². The number of hydrogen-bond acceptors (Lipinski definition) is 3. The Balaban J connectivity index is 2.52. The summed E-state index contributed by atoms with van der Waals surface area (Å²) in [6, 6.07) is 0. The fraction of sp³-hybridized carbons (Fsp3) is 0.846. The van der Waals surface area contributed by atoms with Gasteiger partial charge in [0, 0.05) is 6.54 Å². The normalized spacial score (nSPS) is 26.9. The number of alkyl carbamates (subject to hydrolysis) is 1. The van der Waals surface area contributed by atoms with Gasteiger partial charge in [0.25, 0.3) is 0 Å². The van der Waals surface area contributed by atoms with Crippen molar-refractivity contribution in [1.82, 2.24) is 5.32 Å². The fourth-order valence-electron chi connectivity index (χ4n) is 2.33. The van der Waals surface area contributed by atoms with E-state index in [1.165, 1.54) is 0 Å². The number of amides is 2. The first kappa shape index (κ1) is 14.8. The van der Waals surface area contributed by atoms with Crippen molar-refractivity contribution in [2.45, 2.75) is 46.6 Å². The molecule has 0 spiro atoms. The number of rotatable bonds is 4. The minimum Gasteiger partial charge on any atom is -0.444 e. The Morgan fingerprint density at radius 2 is 2.00 bits per heavy atom. The number of nitrogens with one attached hydrogen (secondary N) is 1. The Morgan fingerprint density at radius 3 is 2.33 bits per heavy atom. The van der Waals surface area contributed by atoms with Gasteiger partial charge >= 0.3 is 6.09 Å². The van der Waals surface area contributed by atoms with E-state index in [1.807, 2.05) is 0 Å². The highest BCUT2D eigenvalue weighted by atomic mass is 16.6. The lowest BCUT2D eigenvalue weighted by Crippen LogP contribution is -2.41. The van der Waals surface area contributed by atoms with E-state index < -0.39 is 17.1 Å². The lowest BCUT2D eigenvalue weighted by Gasteiger charge is -2.21. The molecule has 1 aliphatic carbocycles. The second-order valence-corrected chi connectivity index (χ2v) is 6.43. The summed E-state index contributed by atoms with van der Waals surface area (Å²) < 4.78 is 5.13. The zero-order chi connectivity index (χ0) is 14.1. The molecule has 2 unspecified atom stereocenters. The average Bonchev–Trinajstić information content (AvgIpc) is 2.87. The zero-order valence-corrected chi connectivity index (χ0v) is 11.9. The number of ether oxygens (including phenoxy) is 1. The van der Waals surface area contributed by atoms with Crippen molar-refractivity contribution in [1.29, 1.82) is 0 Å². The van der Waals surface area contributed by atoms with Crippen molar-refractivity contribution in [3.63, 3.8) is 0 Å². The predicted octanol–water partition coefficient (Wildman–Crippen LogP) is 1.66. The highest BCUT2D eigenvalue weighted by Crippen LogP contribution is 2.55. The maximum atomic E-state index is 11.5. The summed E-state index contributed by atoms with van der Waals surface area (Å²) in [5.41, 5.74) is 4.33. The first-order chi connectivity index (χ1) is 8.08. The Morgan fingerprint density at radius 1 is 1.44 bits per heavy atom. The van der Waals surface area contributed by atoms with Gasteiger partial charge in [0.05, 0.1) is 5.41 Å². The van der Waals surface area contributed by atoms with Crippen LogP contribution in [0.15, 0.2) is 0 Å². The van der Waals surface area contributed by atoms with Crippen LogP contribution < -0.4 is 11.1 Å². The highest BCUT2D eigenvalue weighted by Gasteiger charge is 2.59. The van der Waals surface area contributed by atoms with Crippen molar-refractivity contribution in [2.75, 3.05) is 6.54 Å². The molecule has 1 aliphatic rings. The molecule has 5 heteroatoms. The summed E-state index contributed by atoms with van der Waals surface area (Å²) in [4.78, 5) is 23.1. The molecule has 0 saturated heterocycles. The highest BCUT2D eigenvalue weighted by molar-refractivity contribution is 5.85. The third kappa shape index (κ3) is 3.37. The number of hydrogen-bond donors (Lipinski definition) is 2. The van der Waals surface area contributed by atoms with Crippen LogP contribution in [0.5, 0.6) is 0 Å². The van der Waals surface area contributed by atoms with Crippen molar-refractivity contribution in [2.24, 2.45) is 23.0 Å². The summed E-state index contributed by atoms with van der Waals surface area (Å²) >= 11 is 0. The van der Waals surface area contributed by atoms with E-state index in [2.05, 4.69) is 19.2 Å². The summed E-state index contributed by atoms with van der Waals surface area (Å²) in [6.45, 7) is 9.77. The molecule has 18 heavy (non-hydrogen) atoms. The van der Waals surface area contributed by atoms with Gasteiger partial charge in [-0.2, -0.15) is 0 Å². The van der Waals surface area contributed by atoms with Gasteiger partial charge in [-0.05, 0) is 39.0 Å². The molecule has 1 fully saturated rings. The molecule has 0 bridgehead atoms. The zero-order valence-electron chi connectivity index (χ0n) is 11.9. The SMILES string of the molecule is CC(C)C1CC1(CNC(=O)OC(C)(C)C)C(N)=O. The summed E-state index contributed by atoms with van der Waals surface area (Å²) in [5, 5.41) is 2.65. The van der Waals surface area contributed by atoms with E-state index in [9.17, 15) is 9.59 Å². The van der Waals surface area contributed by atoms with E-state index >= 15 is 0 Å². The van der Waals surface area contributed by atoms with Crippen LogP contribution in [0.2, 0.25) is 0 Å². The summed E-state index contributed by atoms with van der Waals surface area (Å²) in [7, 11) is 0. The van der Waals surface area contributed by atoms with Gasteiger partial charge < -0.3 is 15.8 Å². The molecule has 0 aromatic rings. The van der Waals surface area contributed by atoms with Gasteiger partial charge in [-0.15, -0.1) is 0 Å². The van der Waals surface area contributed by atoms with Gasteiger partial charge in [-0.25, -0.2) is 4.79 Å². The Bertz CT molecular complexity index is 347. The van der Waals surface area contributed by atoms with Crippen LogP contribution in [0.3, 0.4) is 0 Å². The minimum absolute atomic E-state index is 0.255. The van der Waals surface area contributed by atoms with Crippen LogP contribution in [-0.4, -0.2) is 24.1 Å². The smallest absolute Gasteiger partial charge is 0.407 e. The third-order valence-electron chi connectivity index (χ3n) is 3.38. The first-order valence-electron chi connectivity index (χ1n) is 6.35. The number of primary amides is 1. The standard InChI is InChI=1S/C13H24N2O3/c1-8(2)9-6-13(9,10(14)16)7-15-11(17)18-12(3,4)5/h8-9H,6-7H2,1-5H3,(H2,14,16)(H,15,17). The number of carbonyl (C=O) groups excluding carboxylic acids is 2. The molecule has 5 nitrogen and oxygen atoms in total. The lowest BCUT2D eigenvalue weighted by molar-refractivity contribution is -0.123. The molecule has 3 N–H and O–H groups in total. The van der Waals surface area contributed by atoms with Crippen LogP contribution in [-0.2, 0) is 9.53 Å². The number of nitrogens with two attached hydrogens (primary N) is 1. The lowest BCUT2D eigenvalue weighted by atomic mass is 9.96. The van der Waals surface area contributed by atoms with E-state index in [-0.39, 0.29) is 18.4 Å². The molecule has 0 radical (unpaired) electrons. The van der Waals surface area contributed by atoms with Gasteiger partial charge in [-0.3, -0.25) is 4.79 Å². The maximum absolute atomic E-state index is 11.5. The summed E-state index contributed by atoms with van der Waals surface area (Å²) in [5.74, 6) is 0.306. The molecule has 2 atom stereocenters.